The summed E-state index contributed by atoms with van der Waals surface area (Å²) in [6, 6.07) is 0. The van der Waals surface area contributed by atoms with Gasteiger partial charge in [-0.15, -0.1) is 0 Å². The molecule has 1 heterocycles. The van der Waals surface area contributed by atoms with Crippen LogP contribution in [0.1, 0.15) is 20.3 Å². The zero-order chi connectivity index (χ0) is 8.85. The molecule has 0 atom stereocenters. The maximum absolute atomic E-state index is 10.6. The van der Waals surface area contributed by atoms with E-state index in [0.717, 1.165) is 5.57 Å². The van der Waals surface area contributed by atoms with E-state index in [1.54, 1.807) is 0 Å². The minimum absolute atomic E-state index is 0.0308. The van der Waals surface area contributed by atoms with E-state index in [2.05, 4.69) is 11.9 Å². The molecule has 0 aromatic rings. The first kappa shape index (κ1) is 9.75. The maximum atomic E-state index is 10.6. The molecule has 62 valence electrons. The number of allylic oxidation sites excluding steroid dienone is 1. The Hall–Kier alpha value is -1.25. The third-order valence-electron chi connectivity index (χ3n) is 1.20. The van der Waals surface area contributed by atoms with Crippen molar-refractivity contribution < 1.29 is 4.79 Å². The number of rotatable bonds is 0. The lowest BCUT2D eigenvalue weighted by Gasteiger charge is -1.92. The zero-order valence-corrected chi connectivity index (χ0v) is 6.98. The third-order valence-corrected chi connectivity index (χ3v) is 1.20. The van der Waals surface area contributed by atoms with Crippen molar-refractivity contribution in [3.63, 3.8) is 0 Å². The van der Waals surface area contributed by atoms with E-state index in [-0.39, 0.29) is 5.91 Å². The number of amides is 1. The first-order valence-corrected chi connectivity index (χ1v) is 3.64. The molecule has 1 saturated heterocycles. The van der Waals surface area contributed by atoms with Crippen LogP contribution >= 0.6 is 0 Å². The van der Waals surface area contributed by atoms with Crippen molar-refractivity contribution in [2.45, 2.75) is 20.3 Å². The molecule has 0 aliphatic carbocycles. The standard InChI is InChI=1S/C6H8N2O.C2H6/c1-4-2-6(9)8-5(4)3-7;1-2/h3H,1-2,7H2,(H,8,9);1-2H3/b5-3+;. The number of hydrogen-bond donors (Lipinski definition) is 2. The van der Waals surface area contributed by atoms with Crippen LogP contribution in [0, 0.1) is 0 Å². The highest BCUT2D eigenvalue weighted by Gasteiger charge is 2.17. The Balaban J connectivity index is 0.000000461. The molecule has 1 aliphatic rings. The minimum atomic E-state index is -0.0308. The highest BCUT2D eigenvalue weighted by atomic mass is 16.1. The third kappa shape index (κ3) is 2.45. The van der Waals surface area contributed by atoms with Gasteiger partial charge in [-0.25, -0.2) is 0 Å². The van der Waals surface area contributed by atoms with Crippen LogP contribution in [0.4, 0.5) is 0 Å². The summed E-state index contributed by atoms with van der Waals surface area (Å²) < 4.78 is 0. The first-order chi connectivity index (χ1) is 5.24. The molecule has 0 aromatic heterocycles. The van der Waals surface area contributed by atoms with Crippen LogP contribution in [0.25, 0.3) is 0 Å². The molecular formula is C8H14N2O. The SMILES string of the molecule is C=C1CC(=O)N/C1=C/N.CC. The average Bonchev–Trinajstić information content (AvgIpc) is 2.33. The van der Waals surface area contributed by atoms with E-state index in [1.165, 1.54) is 6.20 Å². The van der Waals surface area contributed by atoms with Crippen LogP contribution in [-0.4, -0.2) is 5.91 Å². The Morgan fingerprint density at radius 3 is 2.36 bits per heavy atom. The van der Waals surface area contributed by atoms with Crippen molar-refractivity contribution in [2.75, 3.05) is 0 Å². The van der Waals surface area contributed by atoms with Crippen molar-refractivity contribution in [1.29, 1.82) is 0 Å². The normalized spacial score (nSPS) is 19.3. The number of carbonyl (C=O) groups excluding carboxylic acids is 1. The lowest BCUT2D eigenvalue weighted by atomic mass is 10.2. The molecule has 1 amide bonds. The van der Waals surface area contributed by atoms with E-state index < -0.39 is 0 Å². The van der Waals surface area contributed by atoms with E-state index in [9.17, 15) is 4.79 Å². The Bertz CT molecular complexity index is 194. The van der Waals surface area contributed by atoms with Gasteiger partial charge in [-0.1, -0.05) is 20.4 Å². The van der Waals surface area contributed by atoms with Gasteiger partial charge < -0.3 is 11.1 Å². The molecule has 0 saturated carbocycles. The van der Waals surface area contributed by atoms with Gasteiger partial charge in [0.25, 0.3) is 0 Å². The van der Waals surface area contributed by atoms with Gasteiger partial charge in [-0.05, 0) is 5.57 Å². The van der Waals surface area contributed by atoms with Crippen LogP contribution in [0.2, 0.25) is 0 Å². The van der Waals surface area contributed by atoms with Gasteiger partial charge in [0.05, 0.1) is 12.1 Å². The second-order valence-corrected chi connectivity index (χ2v) is 1.91. The summed E-state index contributed by atoms with van der Waals surface area (Å²) in [6.07, 6.45) is 1.73. The van der Waals surface area contributed by atoms with Gasteiger partial charge in [0.2, 0.25) is 5.91 Å². The first-order valence-electron chi connectivity index (χ1n) is 3.64. The van der Waals surface area contributed by atoms with Gasteiger partial charge in [0, 0.05) is 6.20 Å². The Morgan fingerprint density at radius 1 is 1.64 bits per heavy atom. The number of nitrogens with two attached hydrogens (primary N) is 1. The van der Waals surface area contributed by atoms with Crippen molar-refractivity contribution in [3.05, 3.63) is 24.0 Å². The molecule has 3 N–H and O–H groups in total. The molecule has 0 spiro atoms. The van der Waals surface area contributed by atoms with E-state index in [1.807, 2.05) is 13.8 Å². The molecule has 0 radical (unpaired) electrons. The second kappa shape index (κ2) is 4.55. The van der Waals surface area contributed by atoms with Gasteiger partial charge in [0.15, 0.2) is 0 Å². The molecule has 3 heteroatoms. The average molecular weight is 154 g/mol. The Labute approximate surface area is 67.0 Å². The van der Waals surface area contributed by atoms with Gasteiger partial charge in [-0.3, -0.25) is 4.79 Å². The largest absolute Gasteiger partial charge is 0.403 e. The van der Waals surface area contributed by atoms with Crippen LogP contribution in [0.15, 0.2) is 24.0 Å². The molecule has 1 aliphatic heterocycles. The molecule has 0 aromatic carbocycles. The summed E-state index contributed by atoms with van der Waals surface area (Å²) in [5, 5.41) is 2.55. The van der Waals surface area contributed by atoms with E-state index in [0.29, 0.717) is 12.1 Å². The molecule has 11 heavy (non-hydrogen) atoms. The monoisotopic (exact) mass is 154 g/mol. The Morgan fingerprint density at radius 2 is 2.18 bits per heavy atom. The number of carbonyl (C=O) groups is 1. The topological polar surface area (TPSA) is 55.1 Å². The summed E-state index contributed by atoms with van der Waals surface area (Å²) in [7, 11) is 0. The summed E-state index contributed by atoms with van der Waals surface area (Å²) in [4.78, 5) is 10.6. The Kier molecular flexibility index (Phi) is 4.03. The van der Waals surface area contributed by atoms with E-state index in [4.69, 9.17) is 5.73 Å². The number of nitrogens with one attached hydrogen (secondary N) is 1. The molecule has 1 fully saturated rings. The quantitative estimate of drug-likeness (QED) is 0.544. The van der Waals surface area contributed by atoms with Crippen molar-refractivity contribution in [2.24, 2.45) is 5.73 Å². The van der Waals surface area contributed by atoms with Crippen molar-refractivity contribution in [1.82, 2.24) is 5.32 Å². The molecule has 1 rings (SSSR count). The lowest BCUT2D eigenvalue weighted by Crippen LogP contribution is -2.12. The van der Waals surface area contributed by atoms with Gasteiger partial charge in [0.1, 0.15) is 0 Å². The lowest BCUT2D eigenvalue weighted by molar-refractivity contribution is -0.118. The summed E-state index contributed by atoms with van der Waals surface area (Å²) >= 11 is 0. The summed E-state index contributed by atoms with van der Waals surface area (Å²) in [5.41, 5.74) is 6.57. The van der Waals surface area contributed by atoms with E-state index >= 15 is 0 Å². The highest BCUT2D eigenvalue weighted by Crippen LogP contribution is 2.14. The van der Waals surface area contributed by atoms with Crippen LogP contribution in [0.3, 0.4) is 0 Å². The fourth-order valence-electron chi connectivity index (χ4n) is 0.731. The second-order valence-electron chi connectivity index (χ2n) is 1.91. The predicted octanol–water partition coefficient (Wildman–Crippen LogP) is 0.889. The fourth-order valence-corrected chi connectivity index (χ4v) is 0.731. The summed E-state index contributed by atoms with van der Waals surface area (Å²) in [6.45, 7) is 7.63. The van der Waals surface area contributed by atoms with Crippen molar-refractivity contribution >= 4 is 5.91 Å². The minimum Gasteiger partial charge on any atom is -0.403 e. The maximum Gasteiger partial charge on any atom is 0.228 e. The molecule has 0 unspecified atom stereocenters. The number of hydrogen-bond acceptors (Lipinski definition) is 2. The smallest absolute Gasteiger partial charge is 0.228 e. The summed E-state index contributed by atoms with van der Waals surface area (Å²) in [5.74, 6) is -0.0308. The van der Waals surface area contributed by atoms with Gasteiger partial charge in [-0.2, -0.15) is 0 Å². The zero-order valence-electron chi connectivity index (χ0n) is 6.98. The fraction of sp³-hybridized carbons (Fsp3) is 0.375. The van der Waals surface area contributed by atoms with Crippen LogP contribution in [0.5, 0.6) is 0 Å². The molecule has 0 bridgehead atoms. The molecule has 3 nitrogen and oxygen atoms in total. The van der Waals surface area contributed by atoms with Crippen LogP contribution in [-0.2, 0) is 4.79 Å². The predicted molar refractivity (Wildman–Crippen MR) is 45.5 cm³/mol. The molecular weight excluding hydrogens is 140 g/mol. The highest BCUT2D eigenvalue weighted by molar-refractivity contribution is 5.86. The van der Waals surface area contributed by atoms with Crippen LogP contribution < -0.4 is 11.1 Å². The van der Waals surface area contributed by atoms with Gasteiger partial charge >= 0.3 is 0 Å². The van der Waals surface area contributed by atoms with Crippen molar-refractivity contribution in [3.8, 4) is 0 Å².